The molecule has 7 heteroatoms. The summed E-state index contributed by atoms with van der Waals surface area (Å²) < 4.78 is 16.2. The zero-order valence-corrected chi connectivity index (χ0v) is 16.2. The first-order valence-electron chi connectivity index (χ1n) is 8.23. The van der Waals surface area contributed by atoms with Crippen molar-refractivity contribution in [2.75, 3.05) is 43.4 Å². The second-order valence-corrected chi connectivity index (χ2v) is 8.07. The van der Waals surface area contributed by atoms with Crippen molar-refractivity contribution >= 4 is 28.5 Å². The van der Waals surface area contributed by atoms with Gasteiger partial charge in [0.05, 0.1) is 31.2 Å². The van der Waals surface area contributed by atoms with Gasteiger partial charge in [-0.1, -0.05) is 12.1 Å². The minimum absolute atomic E-state index is 0.0388. The molecule has 1 N–H and O–H groups in total. The molecule has 0 spiro atoms. The molecule has 1 aromatic rings. The lowest BCUT2D eigenvalue weighted by molar-refractivity contribution is -0.151. The summed E-state index contributed by atoms with van der Waals surface area (Å²) in [7, 11) is 0.227. The van der Waals surface area contributed by atoms with E-state index in [1.165, 1.54) is 6.92 Å². The maximum atomic E-state index is 12.0. The zero-order valence-electron chi connectivity index (χ0n) is 15.4. The lowest BCUT2D eigenvalue weighted by Crippen LogP contribution is -2.29. The number of anilines is 1. The maximum Gasteiger partial charge on any atom is 0.303 e. The monoisotopic (exact) mass is 370 g/mol. The second-order valence-electron chi connectivity index (χ2n) is 5.69. The summed E-state index contributed by atoms with van der Waals surface area (Å²) in [6.07, 6.45) is 4.20. The van der Waals surface area contributed by atoms with Crippen molar-refractivity contribution in [3.63, 3.8) is 0 Å². The van der Waals surface area contributed by atoms with E-state index in [1.807, 2.05) is 19.1 Å². The lowest BCUT2D eigenvalue weighted by Gasteiger charge is -2.19. The summed E-state index contributed by atoms with van der Waals surface area (Å²) in [6, 6.07) is 7.21. The van der Waals surface area contributed by atoms with Crippen LogP contribution in [0.15, 0.2) is 24.3 Å². The molecular weight excluding hydrogens is 342 g/mol. The van der Waals surface area contributed by atoms with E-state index in [2.05, 4.69) is 17.8 Å². The van der Waals surface area contributed by atoms with Gasteiger partial charge in [0.25, 0.3) is 0 Å². The van der Waals surface area contributed by atoms with Crippen LogP contribution in [0, 0.1) is 0 Å². The molecule has 6 nitrogen and oxygen atoms in total. The van der Waals surface area contributed by atoms with Crippen molar-refractivity contribution in [1.29, 1.82) is 0 Å². The van der Waals surface area contributed by atoms with Gasteiger partial charge in [-0.25, -0.2) is 0 Å². The van der Waals surface area contributed by atoms with Crippen LogP contribution in [0.25, 0.3) is 0 Å². The van der Waals surface area contributed by atoms with Crippen LogP contribution >= 0.6 is 0 Å². The molecule has 0 radical (unpaired) electrons. The van der Waals surface area contributed by atoms with Gasteiger partial charge in [-0.2, -0.15) is 0 Å². The fraction of sp³-hybridized carbons (Fsp3) is 0.556. The molecule has 0 bridgehead atoms. The van der Waals surface area contributed by atoms with Crippen molar-refractivity contribution in [3.8, 4) is 5.75 Å². The standard InChI is InChI=1S/C18H27NO5S/c1-5-22-12-15(24-14(2)20)13-23-17-9-7-6-8-16(17)19-18(21)10-11-25(3)4/h6-9,15H,5,10-13H2,1-4H3/p+1/t15-/m0/s1. The molecule has 25 heavy (non-hydrogen) atoms. The van der Waals surface area contributed by atoms with E-state index in [0.717, 1.165) is 5.75 Å². The number of nitrogens with one attached hydrogen (secondary N) is 1. The predicted molar refractivity (Wildman–Crippen MR) is 101 cm³/mol. The van der Waals surface area contributed by atoms with E-state index in [0.29, 0.717) is 24.5 Å². The van der Waals surface area contributed by atoms with Crippen LogP contribution in [0.3, 0.4) is 0 Å². The Morgan fingerprint density at radius 3 is 2.56 bits per heavy atom. The number of rotatable bonds is 11. The number of esters is 1. The Morgan fingerprint density at radius 1 is 1.20 bits per heavy atom. The lowest BCUT2D eigenvalue weighted by atomic mass is 10.2. The van der Waals surface area contributed by atoms with Crippen LogP contribution in [-0.4, -0.2) is 56.1 Å². The van der Waals surface area contributed by atoms with Gasteiger partial charge in [0.15, 0.2) is 6.10 Å². The molecule has 0 heterocycles. The summed E-state index contributed by atoms with van der Waals surface area (Å²) in [5, 5.41) is 2.88. The summed E-state index contributed by atoms with van der Waals surface area (Å²) >= 11 is 0. The number of para-hydroxylation sites is 2. The number of benzene rings is 1. The second kappa shape index (κ2) is 11.8. The normalized spacial score (nSPS) is 11.9. The zero-order chi connectivity index (χ0) is 18.7. The third-order valence-corrected chi connectivity index (χ3v) is 4.18. The number of amides is 1. The number of carbonyl (C=O) groups excluding carboxylic acids is 2. The Hall–Kier alpha value is -1.73. The summed E-state index contributed by atoms with van der Waals surface area (Å²) in [5.41, 5.74) is 0.609. The molecule has 0 aromatic heterocycles. The van der Waals surface area contributed by atoms with E-state index in [9.17, 15) is 9.59 Å². The Morgan fingerprint density at radius 2 is 1.92 bits per heavy atom. The van der Waals surface area contributed by atoms with Crippen LogP contribution in [0.4, 0.5) is 5.69 Å². The van der Waals surface area contributed by atoms with Gasteiger partial charge in [0.1, 0.15) is 18.1 Å². The van der Waals surface area contributed by atoms with Gasteiger partial charge in [-0.3, -0.25) is 9.59 Å². The van der Waals surface area contributed by atoms with Crippen molar-refractivity contribution in [1.82, 2.24) is 0 Å². The fourth-order valence-electron chi connectivity index (χ4n) is 1.99. The molecule has 140 valence electrons. The molecular formula is C18H28NO5S+. The van der Waals surface area contributed by atoms with E-state index >= 15 is 0 Å². The highest BCUT2D eigenvalue weighted by molar-refractivity contribution is 7.95. The highest BCUT2D eigenvalue weighted by Crippen LogP contribution is 2.24. The summed E-state index contributed by atoms with van der Waals surface area (Å²) in [5.74, 6) is 0.974. The first-order valence-corrected chi connectivity index (χ1v) is 10.4. The highest BCUT2D eigenvalue weighted by Gasteiger charge is 2.16. The molecule has 0 aliphatic heterocycles. The van der Waals surface area contributed by atoms with Crippen molar-refractivity contribution in [2.45, 2.75) is 26.4 Å². The third kappa shape index (κ3) is 9.36. The molecule has 0 saturated carbocycles. The van der Waals surface area contributed by atoms with Crippen LogP contribution in [0.1, 0.15) is 20.3 Å². The molecule has 1 rings (SSSR count). The Bertz CT molecular complexity index is 550. The minimum atomic E-state index is -0.497. The number of hydrogen-bond donors (Lipinski definition) is 1. The summed E-state index contributed by atoms with van der Waals surface area (Å²) in [6.45, 7) is 4.16. The number of carbonyl (C=O) groups is 2. The van der Waals surface area contributed by atoms with E-state index in [1.54, 1.807) is 12.1 Å². The maximum absolute atomic E-state index is 12.0. The van der Waals surface area contributed by atoms with Crippen LogP contribution in [-0.2, 0) is 30.0 Å². The third-order valence-electron chi connectivity index (χ3n) is 3.16. The van der Waals surface area contributed by atoms with E-state index in [-0.39, 0.29) is 36.0 Å². The van der Waals surface area contributed by atoms with Crippen LogP contribution in [0.2, 0.25) is 0 Å². The average molecular weight is 370 g/mol. The highest BCUT2D eigenvalue weighted by atomic mass is 32.2. The quantitative estimate of drug-likeness (QED) is 0.478. The van der Waals surface area contributed by atoms with Gasteiger partial charge in [-0.05, 0) is 30.0 Å². The van der Waals surface area contributed by atoms with Crippen molar-refractivity contribution in [3.05, 3.63) is 24.3 Å². The van der Waals surface area contributed by atoms with E-state index < -0.39 is 6.10 Å². The molecule has 1 atom stereocenters. The smallest absolute Gasteiger partial charge is 0.303 e. The minimum Gasteiger partial charge on any atom is -0.487 e. The topological polar surface area (TPSA) is 73.9 Å². The molecule has 1 aromatic carbocycles. The molecule has 0 aliphatic carbocycles. The van der Waals surface area contributed by atoms with Gasteiger partial charge in [0.2, 0.25) is 5.91 Å². The van der Waals surface area contributed by atoms with Crippen molar-refractivity contribution in [2.24, 2.45) is 0 Å². The van der Waals surface area contributed by atoms with Crippen LogP contribution in [0.5, 0.6) is 5.75 Å². The molecule has 0 saturated heterocycles. The van der Waals surface area contributed by atoms with Gasteiger partial charge in [0, 0.05) is 13.5 Å². The molecule has 0 fully saturated rings. The SMILES string of the molecule is CCOC[C@@H](COc1ccccc1NC(=O)CC[S+](C)C)OC(C)=O. The Kier molecular flexibility index (Phi) is 10.0. The predicted octanol–water partition coefficient (Wildman–Crippen LogP) is 2.24. The van der Waals surface area contributed by atoms with E-state index in [4.69, 9.17) is 14.2 Å². The first kappa shape index (κ1) is 21.3. The van der Waals surface area contributed by atoms with Crippen molar-refractivity contribution < 1.29 is 23.8 Å². The summed E-state index contributed by atoms with van der Waals surface area (Å²) in [4.78, 5) is 23.2. The Balaban J connectivity index is 2.65. The largest absolute Gasteiger partial charge is 0.487 e. The molecule has 1 amide bonds. The van der Waals surface area contributed by atoms with Gasteiger partial charge < -0.3 is 19.5 Å². The number of hydrogen-bond acceptors (Lipinski definition) is 5. The van der Waals surface area contributed by atoms with Gasteiger partial charge >= 0.3 is 5.97 Å². The van der Waals surface area contributed by atoms with Gasteiger partial charge in [-0.15, -0.1) is 0 Å². The first-order chi connectivity index (χ1) is 11.9. The molecule has 0 aliphatic rings. The fourth-order valence-corrected chi connectivity index (χ4v) is 2.58. The number of ether oxygens (including phenoxy) is 3. The average Bonchev–Trinajstić information content (AvgIpc) is 2.56. The van der Waals surface area contributed by atoms with Crippen LogP contribution < -0.4 is 10.1 Å². The molecule has 0 unspecified atom stereocenters. The Labute approximate surface area is 152 Å².